The number of carbonyl (C=O) groups is 1. The van der Waals surface area contributed by atoms with Gasteiger partial charge >= 0.3 is 0 Å². The van der Waals surface area contributed by atoms with E-state index in [1.807, 2.05) is 31.2 Å². The second-order valence-corrected chi connectivity index (χ2v) is 7.96. The number of nitrogens with one attached hydrogen (secondary N) is 1. The monoisotopic (exact) mass is 347 g/mol. The van der Waals surface area contributed by atoms with Gasteiger partial charge in [-0.3, -0.25) is 4.79 Å². The summed E-state index contributed by atoms with van der Waals surface area (Å²) in [5.41, 5.74) is 1.06. The highest BCUT2D eigenvalue weighted by atomic mass is 16.5. The van der Waals surface area contributed by atoms with Gasteiger partial charge < -0.3 is 14.8 Å². The van der Waals surface area contributed by atoms with Gasteiger partial charge in [-0.2, -0.15) is 0 Å². The number of rotatable bonds is 7. The van der Waals surface area contributed by atoms with Crippen molar-refractivity contribution < 1.29 is 14.3 Å². The van der Waals surface area contributed by atoms with E-state index in [0.29, 0.717) is 36.8 Å². The van der Waals surface area contributed by atoms with E-state index >= 15 is 0 Å². The lowest BCUT2D eigenvalue weighted by Crippen LogP contribution is -2.39. The molecule has 1 aliphatic rings. The van der Waals surface area contributed by atoms with E-state index in [1.54, 1.807) is 0 Å². The summed E-state index contributed by atoms with van der Waals surface area (Å²) in [6.45, 7) is 10.7. The SMILES string of the molecule is CCOCCOc1ccc(C(=O)NC2CCC(C(C)(C)C)CC2)cc1. The van der Waals surface area contributed by atoms with Crippen molar-refractivity contribution >= 4 is 5.91 Å². The third-order valence-electron chi connectivity index (χ3n) is 5.10. The molecule has 140 valence electrons. The Morgan fingerprint density at radius 3 is 2.28 bits per heavy atom. The fourth-order valence-corrected chi connectivity index (χ4v) is 3.44. The van der Waals surface area contributed by atoms with Gasteiger partial charge in [-0.25, -0.2) is 0 Å². The zero-order chi connectivity index (χ0) is 18.3. The summed E-state index contributed by atoms with van der Waals surface area (Å²) in [4.78, 5) is 12.4. The minimum Gasteiger partial charge on any atom is -0.491 e. The number of ether oxygens (including phenoxy) is 2. The number of carbonyl (C=O) groups excluding carboxylic acids is 1. The molecule has 0 bridgehead atoms. The van der Waals surface area contributed by atoms with Crippen molar-refractivity contribution in [2.75, 3.05) is 19.8 Å². The Morgan fingerprint density at radius 1 is 1.08 bits per heavy atom. The fraction of sp³-hybridized carbons (Fsp3) is 0.667. The van der Waals surface area contributed by atoms with Crippen LogP contribution in [0, 0.1) is 11.3 Å². The van der Waals surface area contributed by atoms with Crippen LogP contribution in [-0.2, 0) is 4.74 Å². The predicted octanol–water partition coefficient (Wildman–Crippen LogP) is 4.44. The molecule has 1 saturated carbocycles. The molecular weight excluding hydrogens is 314 g/mol. The summed E-state index contributed by atoms with van der Waals surface area (Å²) >= 11 is 0. The Morgan fingerprint density at radius 2 is 1.72 bits per heavy atom. The summed E-state index contributed by atoms with van der Waals surface area (Å²) in [5, 5.41) is 3.19. The van der Waals surface area contributed by atoms with E-state index in [2.05, 4.69) is 26.1 Å². The molecule has 0 aliphatic heterocycles. The Hall–Kier alpha value is -1.55. The first-order valence-electron chi connectivity index (χ1n) is 9.51. The highest BCUT2D eigenvalue weighted by molar-refractivity contribution is 5.94. The number of hydrogen-bond acceptors (Lipinski definition) is 3. The molecule has 1 N–H and O–H groups in total. The summed E-state index contributed by atoms with van der Waals surface area (Å²) in [6, 6.07) is 7.64. The quantitative estimate of drug-likeness (QED) is 0.742. The van der Waals surface area contributed by atoms with Gasteiger partial charge in [0.05, 0.1) is 6.61 Å². The van der Waals surface area contributed by atoms with Crippen LogP contribution in [0.1, 0.15) is 63.7 Å². The van der Waals surface area contributed by atoms with Gasteiger partial charge in [0, 0.05) is 18.2 Å². The van der Waals surface area contributed by atoms with Crippen LogP contribution in [0.3, 0.4) is 0 Å². The zero-order valence-electron chi connectivity index (χ0n) is 16.1. The molecule has 1 aromatic rings. The highest BCUT2D eigenvalue weighted by Crippen LogP contribution is 2.37. The van der Waals surface area contributed by atoms with Gasteiger partial charge in [-0.15, -0.1) is 0 Å². The molecule has 1 amide bonds. The highest BCUT2D eigenvalue weighted by Gasteiger charge is 2.30. The lowest BCUT2D eigenvalue weighted by Gasteiger charge is -2.37. The number of amides is 1. The fourth-order valence-electron chi connectivity index (χ4n) is 3.44. The maximum atomic E-state index is 12.4. The third-order valence-corrected chi connectivity index (χ3v) is 5.10. The van der Waals surface area contributed by atoms with Crippen LogP contribution in [0.15, 0.2) is 24.3 Å². The molecule has 0 spiro atoms. The van der Waals surface area contributed by atoms with Gasteiger partial charge in [0.1, 0.15) is 12.4 Å². The zero-order valence-corrected chi connectivity index (χ0v) is 16.1. The average molecular weight is 347 g/mol. The van der Waals surface area contributed by atoms with Crippen molar-refractivity contribution in [1.82, 2.24) is 5.32 Å². The van der Waals surface area contributed by atoms with Crippen LogP contribution in [-0.4, -0.2) is 31.8 Å². The molecule has 4 heteroatoms. The van der Waals surface area contributed by atoms with Crippen molar-refractivity contribution in [3.8, 4) is 5.75 Å². The summed E-state index contributed by atoms with van der Waals surface area (Å²) < 4.78 is 10.8. The van der Waals surface area contributed by atoms with Crippen molar-refractivity contribution in [1.29, 1.82) is 0 Å². The number of benzene rings is 1. The Balaban J connectivity index is 1.77. The van der Waals surface area contributed by atoms with Crippen LogP contribution in [0.5, 0.6) is 5.75 Å². The molecule has 0 saturated heterocycles. The molecule has 25 heavy (non-hydrogen) atoms. The Kier molecular flexibility index (Phi) is 7.30. The van der Waals surface area contributed by atoms with Crippen molar-refractivity contribution in [3.63, 3.8) is 0 Å². The Bertz CT molecular complexity index is 525. The smallest absolute Gasteiger partial charge is 0.251 e. The van der Waals surface area contributed by atoms with Gasteiger partial charge in [-0.05, 0) is 68.2 Å². The standard InChI is InChI=1S/C21H33NO3/c1-5-24-14-15-25-19-12-6-16(7-13-19)20(23)22-18-10-8-17(9-11-18)21(2,3)4/h6-7,12-13,17-18H,5,8-11,14-15H2,1-4H3,(H,22,23). The maximum Gasteiger partial charge on any atom is 0.251 e. The van der Waals surface area contributed by atoms with Gasteiger partial charge in [-0.1, -0.05) is 20.8 Å². The second-order valence-electron chi connectivity index (χ2n) is 7.96. The average Bonchev–Trinajstić information content (AvgIpc) is 2.59. The first-order chi connectivity index (χ1) is 11.9. The molecule has 1 fully saturated rings. The second kappa shape index (κ2) is 9.23. The molecule has 0 radical (unpaired) electrons. The maximum absolute atomic E-state index is 12.4. The first-order valence-corrected chi connectivity index (χ1v) is 9.51. The molecule has 2 rings (SSSR count). The van der Waals surface area contributed by atoms with Crippen LogP contribution in [0.2, 0.25) is 0 Å². The molecule has 1 aliphatic carbocycles. The van der Waals surface area contributed by atoms with Crippen LogP contribution >= 0.6 is 0 Å². The molecular formula is C21H33NO3. The van der Waals surface area contributed by atoms with Crippen LogP contribution in [0.25, 0.3) is 0 Å². The van der Waals surface area contributed by atoms with Gasteiger partial charge in [0.2, 0.25) is 0 Å². The largest absolute Gasteiger partial charge is 0.491 e. The van der Waals surface area contributed by atoms with Gasteiger partial charge in [0.15, 0.2) is 0 Å². The number of hydrogen-bond donors (Lipinski definition) is 1. The summed E-state index contributed by atoms with van der Waals surface area (Å²) in [7, 11) is 0. The van der Waals surface area contributed by atoms with E-state index < -0.39 is 0 Å². The van der Waals surface area contributed by atoms with Gasteiger partial charge in [0.25, 0.3) is 5.91 Å². The van der Waals surface area contributed by atoms with Crippen LogP contribution < -0.4 is 10.1 Å². The summed E-state index contributed by atoms with van der Waals surface area (Å²) in [6.07, 6.45) is 4.54. The molecule has 0 unspecified atom stereocenters. The van der Waals surface area contributed by atoms with E-state index in [1.165, 1.54) is 12.8 Å². The minimum absolute atomic E-state index is 0.0140. The van der Waals surface area contributed by atoms with E-state index in [0.717, 1.165) is 24.5 Å². The predicted molar refractivity (Wildman–Crippen MR) is 101 cm³/mol. The van der Waals surface area contributed by atoms with Crippen molar-refractivity contribution in [2.24, 2.45) is 11.3 Å². The molecule has 0 aromatic heterocycles. The van der Waals surface area contributed by atoms with E-state index in [-0.39, 0.29) is 5.91 Å². The van der Waals surface area contributed by atoms with Crippen LogP contribution in [0.4, 0.5) is 0 Å². The normalized spacial score (nSPS) is 21.0. The molecule has 0 heterocycles. The Labute approximate surface area is 152 Å². The third kappa shape index (κ3) is 6.35. The van der Waals surface area contributed by atoms with Crippen molar-refractivity contribution in [2.45, 2.75) is 59.4 Å². The minimum atomic E-state index is 0.0140. The lowest BCUT2D eigenvalue weighted by molar-refractivity contribution is 0.0903. The molecule has 4 nitrogen and oxygen atoms in total. The van der Waals surface area contributed by atoms with Crippen molar-refractivity contribution in [3.05, 3.63) is 29.8 Å². The van der Waals surface area contributed by atoms with E-state index in [4.69, 9.17) is 9.47 Å². The molecule has 0 atom stereocenters. The first kappa shape index (κ1) is 19.8. The summed E-state index contributed by atoms with van der Waals surface area (Å²) in [5.74, 6) is 1.54. The van der Waals surface area contributed by atoms with E-state index in [9.17, 15) is 4.79 Å². The molecule has 1 aromatic carbocycles. The lowest BCUT2D eigenvalue weighted by atomic mass is 9.71. The topological polar surface area (TPSA) is 47.6 Å².